The van der Waals surface area contributed by atoms with Crippen LogP contribution in [-0.2, 0) is 12.7 Å². The van der Waals surface area contributed by atoms with Crippen LogP contribution in [-0.4, -0.2) is 51.3 Å². The van der Waals surface area contributed by atoms with Crippen LogP contribution in [0.1, 0.15) is 21.6 Å². The number of carbonyl (C=O) groups excluding carboxylic acids is 1. The molecule has 3 aromatic rings. The van der Waals surface area contributed by atoms with E-state index in [2.05, 4.69) is 20.0 Å². The third-order valence-electron chi connectivity index (χ3n) is 4.27. The average molecular weight is 475 g/mol. The number of methoxy groups -OCH3 is 1. The van der Waals surface area contributed by atoms with Crippen LogP contribution in [0, 0.1) is 0 Å². The second-order valence-corrected chi connectivity index (χ2v) is 6.57. The molecule has 0 spiro atoms. The van der Waals surface area contributed by atoms with E-state index in [4.69, 9.17) is 4.74 Å². The molecule has 0 bridgehead atoms. The van der Waals surface area contributed by atoms with Crippen LogP contribution in [0.25, 0.3) is 5.82 Å². The summed E-state index contributed by atoms with van der Waals surface area (Å²) in [7, 11) is 2.43. The van der Waals surface area contributed by atoms with Gasteiger partial charge in [-0.3, -0.25) is 4.79 Å². The predicted octanol–water partition coefficient (Wildman–Crippen LogP) is 3.86. The maximum Gasteiger partial charge on any atom is 0.573 e. The van der Waals surface area contributed by atoms with Gasteiger partial charge in [0.25, 0.3) is 5.91 Å². The van der Waals surface area contributed by atoms with Crippen molar-refractivity contribution in [3.05, 3.63) is 59.4 Å². The number of halogens is 6. The van der Waals surface area contributed by atoms with E-state index in [0.717, 1.165) is 24.1 Å². The first-order valence-electron chi connectivity index (χ1n) is 9.03. The molecular formula is C19H15F6N5O3. The van der Waals surface area contributed by atoms with E-state index in [1.165, 1.54) is 31.4 Å². The van der Waals surface area contributed by atoms with Gasteiger partial charge in [0, 0.05) is 25.2 Å². The molecule has 1 amide bonds. The normalized spacial score (nSPS) is 11.9. The predicted molar refractivity (Wildman–Crippen MR) is 99.6 cm³/mol. The van der Waals surface area contributed by atoms with Crippen molar-refractivity contribution in [1.82, 2.24) is 24.9 Å². The van der Waals surface area contributed by atoms with Gasteiger partial charge >= 0.3 is 12.5 Å². The number of rotatable bonds is 6. The Kier molecular flexibility index (Phi) is 6.46. The standard InChI is InChI=1S/C19H15F6N5O3/c1-29(10-11-5-3-4-6-13(11)33-19(23,24)25)17(31)12-9-26-30(16(12)18(20,21)22)14-7-8-15(32-2)28-27-14/h3-9H,10H2,1-2H3. The number of benzene rings is 1. The summed E-state index contributed by atoms with van der Waals surface area (Å²) in [6.45, 7) is -0.462. The summed E-state index contributed by atoms with van der Waals surface area (Å²) in [4.78, 5) is 13.6. The number of amides is 1. The van der Waals surface area contributed by atoms with E-state index in [1.54, 1.807) is 0 Å². The molecular weight excluding hydrogens is 460 g/mol. The molecule has 0 atom stereocenters. The number of hydrogen-bond donors (Lipinski definition) is 0. The van der Waals surface area contributed by atoms with Gasteiger partial charge in [-0.1, -0.05) is 18.2 Å². The lowest BCUT2D eigenvalue weighted by Gasteiger charge is -2.20. The summed E-state index contributed by atoms with van der Waals surface area (Å²) in [5.74, 6) is -1.98. The maximum atomic E-state index is 13.8. The number of para-hydroxylation sites is 1. The van der Waals surface area contributed by atoms with Crippen molar-refractivity contribution >= 4 is 5.91 Å². The van der Waals surface area contributed by atoms with Crippen molar-refractivity contribution in [1.29, 1.82) is 0 Å². The molecule has 3 rings (SSSR count). The van der Waals surface area contributed by atoms with Crippen molar-refractivity contribution in [2.75, 3.05) is 14.2 Å². The molecule has 0 saturated heterocycles. The van der Waals surface area contributed by atoms with Gasteiger partial charge in [-0.2, -0.15) is 18.3 Å². The Hall–Kier alpha value is -3.84. The Labute approximate surface area is 182 Å². The van der Waals surface area contributed by atoms with Gasteiger partial charge in [0.15, 0.2) is 11.5 Å². The van der Waals surface area contributed by atoms with Gasteiger partial charge < -0.3 is 14.4 Å². The van der Waals surface area contributed by atoms with Crippen LogP contribution in [0.4, 0.5) is 26.3 Å². The van der Waals surface area contributed by atoms with Crippen molar-refractivity contribution in [2.24, 2.45) is 0 Å². The topological polar surface area (TPSA) is 82.4 Å². The number of hydrogen-bond acceptors (Lipinski definition) is 6. The van der Waals surface area contributed by atoms with E-state index < -0.39 is 42.0 Å². The average Bonchev–Trinajstić information content (AvgIpc) is 3.19. The largest absolute Gasteiger partial charge is 0.573 e. The minimum Gasteiger partial charge on any atom is -0.480 e. The quantitative estimate of drug-likeness (QED) is 0.504. The number of aromatic nitrogens is 4. The lowest BCUT2D eigenvalue weighted by atomic mass is 10.1. The van der Waals surface area contributed by atoms with Crippen LogP contribution in [0.2, 0.25) is 0 Å². The lowest BCUT2D eigenvalue weighted by Crippen LogP contribution is -2.29. The third kappa shape index (κ3) is 5.51. The zero-order valence-corrected chi connectivity index (χ0v) is 17.0. The van der Waals surface area contributed by atoms with Gasteiger partial charge in [0.05, 0.1) is 18.9 Å². The first-order chi connectivity index (χ1) is 15.4. The molecule has 0 aliphatic rings. The Balaban J connectivity index is 1.93. The Morgan fingerprint density at radius 2 is 1.76 bits per heavy atom. The Morgan fingerprint density at radius 1 is 1.06 bits per heavy atom. The van der Waals surface area contributed by atoms with Crippen LogP contribution in [0.5, 0.6) is 11.6 Å². The molecule has 0 saturated carbocycles. The summed E-state index contributed by atoms with van der Waals surface area (Å²) in [6.07, 6.45) is -9.30. The molecule has 176 valence electrons. The van der Waals surface area contributed by atoms with Crippen LogP contribution in [0.15, 0.2) is 42.6 Å². The van der Waals surface area contributed by atoms with Gasteiger partial charge in [-0.15, -0.1) is 23.4 Å². The molecule has 8 nitrogen and oxygen atoms in total. The van der Waals surface area contributed by atoms with Gasteiger partial charge in [-0.25, -0.2) is 4.68 Å². The molecule has 2 heterocycles. The molecule has 1 aromatic carbocycles. The Bertz CT molecular complexity index is 1130. The van der Waals surface area contributed by atoms with Crippen molar-refractivity contribution in [3.8, 4) is 17.4 Å². The minimum absolute atomic E-state index is 0.0511. The summed E-state index contributed by atoms with van der Waals surface area (Å²) < 4.78 is 88.5. The highest BCUT2D eigenvalue weighted by molar-refractivity contribution is 5.95. The molecule has 33 heavy (non-hydrogen) atoms. The molecule has 0 N–H and O–H groups in total. The van der Waals surface area contributed by atoms with Gasteiger partial charge in [-0.05, 0) is 12.1 Å². The number of nitrogens with zero attached hydrogens (tertiary/aromatic N) is 5. The van der Waals surface area contributed by atoms with E-state index in [-0.39, 0.29) is 17.3 Å². The molecule has 0 radical (unpaired) electrons. The minimum atomic E-state index is -5.01. The Morgan fingerprint density at radius 3 is 2.33 bits per heavy atom. The fraction of sp³-hybridized carbons (Fsp3) is 0.263. The molecule has 14 heteroatoms. The van der Waals surface area contributed by atoms with E-state index >= 15 is 0 Å². The SMILES string of the molecule is COc1ccc(-n2ncc(C(=O)N(C)Cc3ccccc3OC(F)(F)F)c2C(F)(F)F)nn1. The number of alkyl halides is 6. The molecule has 0 fully saturated rings. The van der Waals surface area contributed by atoms with Gasteiger partial charge in [0.1, 0.15) is 5.75 Å². The van der Waals surface area contributed by atoms with Crippen molar-refractivity contribution in [3.63, 3.8) is 0 Å². The number of carbonyl (C=O) groups is 1. The smallest absolute Gasteiger partial charge is 0.480 e. The highest BCUT2D eigenvalue weighted by atomic mass is 19.4. The van der Waals surface area contributed by atoms with Crippen LogP contribution < -0.4 is 9.47 Å². The van der Waals surface area contributed by atoms with E-state index in [1.807, 2.05) is 0 Å². The zero-order chi connectivity index (χ0) is 24.4. The first-order valence-corrected chi connectivity index (χ1v) is 9.03. The van der Waals surface area contributed by atoms with E-state index in [9.17, 15) is 31.1 Å². The number of ether oxygens (including phenoxy) is 2. The van der Waals surface area contributed by atoms with Crippen molar-refractivity contribution in [2.45, 2.75) is 19.1 Å². The van der Waals surface area contributed by atoms with Crippen LogP contribution >= 0.6 is 0 Å². The molecule has 0 aliphatic carbocycles. The van der Waals surface area contributed by atoms with Crippen molar-refractivity contribution < 1.29 is 40.6 Å². The second-order valence-electron chi connectivity index (χ2n) is 6.57. The molecule has 0 unspecified atom stereocenters. The lowest BCUT2D eigenvalue weighted by molar-refractivity contribution is -0.275. The van der Waals surface area contributed by atoms with Gasteiger partial charge in [0.2, 0.25) is 5.88 Å². The molecule has 2 aromatic heterocycles. The molecule has 0 aliphatic heterocycles. The fourth-order valence-corrected chi connectivity index (χ4v) is 2.88. The first kappa shape index (κ1) is 23.8. The highest BCUT2D eigenvalue weighted by Crippen LogP contribution is 2.34. The summed E-state index contributed by atoms with van der Waals surface area (Å²) in [5, 5.41) is 10.8. The highest BCUT2D eigenvalue weighted by Gasteiger charge is 2.41. The fourth-order valence-electron chi connectivity index (χ4n) is 2.88. The summed E-state index contributed by atoms with van der Waals surface area (Å²) >= 11 is 0. The maximum absolute atomic E-state index is 13.8. The monoisotopic (exact) mass is 475 g/mol. The van der Waals surface area contributed by atoms with E-state index in [0.29, 0.717) is 10.9 Å². The summed E-state index contributed by atoms with van der Waals surface area (Å²) in [5.41, 5.74) is -2.30. The van der Waals surface area contributed by atoms with Crippen LogP contribution in [0.3, 0.4) is 0 Å². The summed E-state index contributed by atoms with van der Waals surface area (Å²) in [6, 6.07) is 7.40. The second kappa shape index (κ2) is 8.96. The zero-order valence-electron chi connectivity index (χ0n) is 17.0. The third-order valence-corrected chi connectivity index (χ3v) is 4.27.